The summed E-state index contributed by atoms with van der Waals surface area (Å²) in [6, 6.07) is 0. The third-order valence-electron chi connectivity index (χ3n) is 9.51. The highest BCUT2D eigenvalue weighted by atomic mass is 16.5. The zero-order valence-corrected chi connectivity index (χ0v) is 31.0. The molecule has 0 amide bonds. The van der Waals surface area contributed by atoms with Crippen molar-refractivity contribution in [3.05, 3.63) is 0 Å². The summed E-state index contributed by atoms with van der Waals surface area (Å²) in [5, 5.41) is 9.05. The van der Waals surface area contributed by atoms with Gasteiger partial charge in [0, 0.05) is 12.8 Å². The Labute approximate surface area is 281 Å². The van der Waals surface area contributed by atoms with Crippen LogP contribution in [-0.4, -0.2) is 54.8 Å². The molecule has 0 spiro atoms. The molecule has 0 rings (SSSR count). The summed E-state index contributed by atoms with van der Waals surface area (Å²) in [4.78, 5) is 23.8. The zero-order valence-electron chi connectivity index (χ0n) is 31.0. The van der Waals surface area contributed by atoms with Crippen molar-refractivity contribution >= 4 is 11.9 Å². The van der Waals surface area contributed by atoms with Crippen molar-refractivity contribution in [2.24, 2.45) is 0 Å². The second-order valence-electron chi connectivity index (χ2n) is 14.8. The Bertz CT molecular complexity index is 650. The Morgan fingerprint density at radius 3 is 1.24 bits per heavy atom. The van der Waals surface area contributed by atoms with Crippen LogP contribution in [0.3, 0.4) is 0 Å². The van der Waals surface area contributed by atoms with Crippen LogP contribution in [0.5, 0.6) is 0 Å². The number of aliphatic carboxylic acids is 1. The molecule has 5 nitrogen and oxygen atoms in total. The fraction of sp³-hybridized carbons (Fsp3) is 0.950. The van der Waals surface area contributed by atoms with Gasteiger partial charge in [0.1, 0.15) is 6.54 Å². The van der Waals surface area contributed by atoms with Crippen molar-refractivity contribution in [3.63, 3.8) is 0 Å². The van der Waals surface area contributed by atoms with E-state index in [1.165, 1.54) is 154 Å². The molecule has 0 aliphatic carbocycles. The number of hydrogen-bond donors (Lipinski definition) is 1. The van der Waals surface area contributed by atoms with Gasteiger partial charge in [0.15, 0.2) is 6.10 Å². The number of nitrogens with zero attached hydrogens (tertiary/aromatic N) is 1. The Kier molecular flexibility index (Phi) is 32.0. The number of carboxylic acids is 1. The molecule has 0 bridgehead atoms. The van der Waals surface area contributed by atoms with Crippen LogP contribution in [-0.2, 0) is 14.3 Å². The molecule has 0 radical (unpaired) electrons. The summed E-state index contributed by atoms with van der Waals surface area (Å²) in [5.41, 5.74) is 0. The van der Waals surface area contributed by atoms with Crippen molar-refractivity contribution in [2.75, 3.05) is 27.2 Å². The molecule has 1 unspecified atom stereocenters. The Balaban J connectivity index is 4.17. The first-order valence-corrected chi connectivity index (χ1v) is 20.0. The van der Waals surface area contributed by atoms with E-state index in [1.807, 2.05) is 0 Å². The number of rotatable bonds is 36. The number of ether oxygens (including phenoxy) is 1. The maximum atomic E-state index is 12.8. The topological polar surface area (TPSA) is 63.6 Å². The van der Waals surface area contributed by atoms with Crippen LogP contribution >= 0.6 is 0 Å². The molecule has 268 valence electrons. The number of hydrogen-bond acceptors (Lipinski definition) is 3. The van der Waals surface area contributed by atoms with Gasteiger partial charge in [-0.1, -0.05) is 174 Å². The highest BCUT2D eigenvalue weighted by Gasteiger charge is 2.25. The van der Waals surface area contributed by atoms with E-state index in [0.717, 1.165) is 38.8 Å². The normalized spacial score (nSPS) is 12.4. The first kappa shape index (κ1) is 43.9. The summed E-state index contributed by atoms with van der Waals surface area (Å²) in [6.45, 7) is 6.11. The fourth-order valence-corrected chi connectivity index (χ4v) is 6.59. The second-order valence-corrected chi connectivity index (χ2v) is 14.8. The largest absolute Gasteiger partial charge is 0.481 e. The summed E-state index contributed by atoms with van der Waals surface area (Å²) in [6.07, 6.45) is 38.0. The molecule has 0 saturated heterocycles. The number of quaternary nitrogens is 1. The minimum Gasteiger partial charge on any atom is -0.481 e. The summed E-state index contributed by atoms with van der Waals surface area (Å²) in [7, 11) is 4.28. The molecule has 0 fully saturated rings. The molecule has 0 heterocycles. The van der Waals surface area contributed by atoms with Crippen molar-refractivity contribution in [3.8, 4) is 0 Å². The Morgan fingerprint density at radius 1 is 0.511 bits per heavy atom. The number of carbonyl (C=O) groups is 2. The van der Waals surface area contributed by atoms with Crippen LogP contribution in [0.1, 0.15) is 213 Å². The molecule has 0 aliphatic heterocycles. The van der Waals surface area contributed by atoms with Gasteiger partial charge in [-0.05, 0) is 19.3 Å². The molecule has 45 heavy (non-hydrogen) atoms. The van der Waals surface area contributed by atoms with E-state index >= 15 is 0 Å². The highest BCUT2D eigenvalue weighted by molar-refractivity contribution is 5.69. The monoisotopic (exact) mass is 639 g/mol. The minimum absolute atomic E-state index is 0.0426. The average Bonchev–Trinajstić information content (AvgIpc) is 2.99. The highest BCUT2D eigenvalue weighted by Crippen LogP contribution is 2.18. The maximum absolute atomic E-state index is 12.8. The molecule has 1 N–H and O–H groups in total. The van der Waals surface area contributed by atoms with E-state index in [0.29, 0.717) is 17.3 Å². The summed E-state index contributed by atoms with van der Waals surface area (Å²) < 4.78 is 6.76. The zero-order chi connectivity index (χ0) is 33.3. The second kappa shape index (κ2) is 32.8. The predicted octanol–water partition coefficient (Wildman–Crippen LogP) is 12.2. The van der Waals surface area contributed by atoms with Gasteiger partial charge in [0.2, 0.25) is 0 Å². The first-order chi connectivity index (χ1) is 21.8. The van der Waals surface area contributed by atoms with Gasteiger partial charge < -0.3 is 14.3 Å². The third-order valence-corrected chi connectivity index (χ3v) is 9.51. The van der Waals surface area contributed by atoms with Crippen LogP contribution < -0.4 is 0 Å². The molecule has 0 aromatic rings. The molecule has 0 saturated carbocycles. The fourth-order valence-electron chi connectivity index (χ4n) is 6.59. The van der Waals surface area contributed by atoms with Crippen LogP contribution in [0, 0.1) is 0 Å². The molecule has 0 aliphatic rings. The molecule has 0 aromatic carbocycles. The van der Waals surface area contributed by atoms with Gasteiger partial charge in [0.25, 0.3) is 0 Å². The van der Waals surface area contributed by atoms with Gasteiger partial charge in [-0.3, -0.25) is 9.59 Å². The van der Waals surface area contributed by atoms with Crippen molar-refractivity contribution < 1.29 is 23.9 Å². The smallest absolute Gasteiger partial charge is 0.306 e. The minimum atomic E-state index is -0.738. The van der Waals surface area contributed by atoms with Gasteiger partial charge in [-0.2, -0.15) is 0 Å². The lowest BCUT2D eigenvalue weighted by atomic mass is 10.0. The SMILES string of the molecule is CCCCCCCCCCCCCCCCC(C[N+](C)(C)CCCC(=O)O)OC(=O)CCCCCCCCCCCCCCC. The molecular weight excluding hydrogens is 558 g/mol. The van der Waals surface area contributed by atoms with E-state index in [2.05, 4.69) is 27.9 Å². The van der Waals surface area contributed by atoms with Crippen molar-refractivity contribution in [2.45, 2.75) is 219 Å². The summed E-state index contributed by atoms with van der Waals surface area (Å²) >= 11 is 0. The van der Waals surface area contributed by atoms with E-state index in [4.69, 9.17) is 9.84 Å². The Morgan fingerprint density at radius 2 is 0.867 bits per heavy atom. The lowest BCUT2D eigenvalue weighted by Crippen LogP contribution is -2.47. The lowest BCUT2D eigenvalue weighted by Gasteiger charge is -2.33. The molecule has 5 heteroatoms. The number of unbranched alkanes of at least 4 members (excludes halogenated alkanes) is 25. The molecule has 1 atom stereocenters. The van der Waals surface area contributed by atoms with Gasteiger partial charge in [-0.15, -0.1) is 0 Å². The van der Waals surface area contributed by atoms with E-state index in [9.17, 15) is 9.59 Å². The van der Waals surface area contributed by atoms with Crippen LogP contribution in [0.25, 0.3) is 0 Å². The summed E-state index contributed by atoms with van der Waals surface area (Å²) in [5.74, 6) is -0.780. The quantitative estimate of drug-likeness (QED) is 0.0421. The number of carboxylic acid groups (broad SMARTS) is 1. The Hall–Kier alpha value is -1.10. The van der Waals surface area contributed by atoms with E-state index in [-0.39, 0.29) is 18.5 Å². The first-order valence-electron chi connectivity index (χ1n) is 20.0. The standard InChI is InChI=1S/C40H79NO4/c1-5-7-9-11-13-15-17-19-21-22-24-26-28-30-33-38(37-41(3,4)36-32-34-39(42)43)45-40(44)35-31-29-27-25-23-20-18-16-14-12-10-8-6-2/h38H,5-37H2,1-4H3/p+1. The van der Waals surface area contributed by atoms with Gasteiger partial charge >= 0.3 is 11.9 Å². The molecule has 0 aromatic heterocycles. The van der Waals surface area contributed by atoms with Crippen molar-refractivity contribution in [1.82, 2.24) is 0 Å². The lowest BCUT2D eigenvalue weighted by molar-refractivity contribution is -0.893. The average molecular weight is 639 g/mol. The van der Waals surface area contributed by atoms with Crippen LogP contribution in [0.4, 0.5) is 0 Å². The predicted molar refractivity (Wildman–Crippen MR) is 194 cm³/mol. The number of esters is 1. The van der Waals surface area contributed by atoms with E-state index in [1.54, 1.807) is 0 Å². The van der Waals surface area contributed by atoms with Crippen LogP contribution in [0.2, 0.25) is 0 Å². The third kappa shape index (κ3) is 34.1. The van der Waals surface area contributed by atoms with E-state index < -0.39 is 5.97 Å². The maximum Gasteiger partial charge on any atom is 0.306 e. The van der Waals surface area contributed by atoms with Gasteiger partial charge in [-0.25, -0.2) is 0 Å². The number of carbonyl (C=O) groups excluding carboxylic acids is 1. The van der Waals surface area contributed by atoms with Crippen molar-refractivity contribution in [1.29, 1.82) is 0 Å². The molecular formula is C40H80NO4+. The van der Waals surface area contributed by atoms with Gasteiger partial charge in [0.05, 0.1) is 27.1 Å². The van der Waals surface area contributed by atoms with Crippen LogP contribution in [0.15, 0.2) is 0 Å². The number of likely N-dealkylation sites (N-methyl/N-ethyl adjacent to an activating group) is 1.